The highest BCUT2D eigenvalue weighted by Crippen LogP contribution is 2.36. The Balaban J connectivity index is 1.52. The molecular formula is C19H23N3O2. The lowest BCUT2D eigenvalue weighted by Crippen LogP contribution is -2.46. The lowest BCUT2D eigenvalue weighted by atomic mass is 9.75. The van der Waals surface area contributed by atoms with E-state index in [1.807, 2.05) is 23.1 Å². The van der Waals surface area contributed by atoms with E-state index in [0.29, 0.717) is 11.3 Å². The molecule has 2 heterocycles. The van der Waals surface area contributed by atoms with Crippen LogP contribution >= 0.6 is 0 Å². The number of hydrogen-bond acceptors (Lipinski definition) is 3. The van der Waals surface area contributed by atoms with E-state index in [9.17, 15) is 9.59 Å². The zero-order valence-electron chi connectivity index (χ0n) is 13.9. The van der Waals surface area contributed by atoms with Gasteiger partial charge in [-0.2, -0.15) is 5.10 Å². The monoisotopic (exact) mass is 325 g/mol. The van der Waals surface area contributed by atoms with Crippen LogP contribution in [0.4, 0.5) is 0 Å². The van der Waals surface area contributed by atoms with E-state index >= 15 is 0 Å². The molecule has 5 nitrogen and oxygen atoms in total. The molecule has 0 radical (unpaired) electrons. The normalized spacial score (nSPS) is 23.9. The second-order valence-corrected chi connectivity index (χ2v) is 7.12. The number of carbonyl (C=O) groups excluding carboxylic acids is 1. The fraction of sp³-hybridized carbons (Fsp3) is 0.526. The highest BCUT2D eigenvalue weighted by molar-refractivity contribution is 5.81. The molecule has 1 aromatic heterocycles. The molecule has 24 heavy (non-hydrogen) atoms. The lowest BCUT2D eigenvalue weighted by Gasteiger charge is -2.41. The van der Waals surface area contributed by atoms with Gasteiger partial charge in [0.05, 0.1) is 11.7 Å². The number of hydrogen-bond donors (Lipinski definition) is 0. The second kappa shape index (κ2) is 6.38. The first-order valence-electron chi connectivity index (χ1n) is 8.95. The Hall–Kier alpha value is -2.17. The van der Waals surface area contributed by atoms with Crippen LogP contribution in [0, 0.1) is 11.8 Å². The quantitative estimate of drug-likeness (QED) is 0.852. The second-order valence-electron chi connectivity index (χ2n) is 7.12. The van der Waals surface area contributed by atoms with E-state index in [-0.39, 0.29) is 17.9 Å². The van der Waals surface area contributed by atoms with Crippen molar-refractivity contribution in [2.75, 3.05) is 13.1 Å². The van der Waals surface area contributed by atoms with Gasteiger partial charge in [0.2, 0.25) is 11.3 Å². The molecule has 0 N–H and O–H groups in total. The molecule has 0 bridgehead atoms. The first-order valence-corrected chi connectivity index (χ1v) is 8.95. The molecule has 1 saturated heterocycles. The van der Waals surface area contributed by atoms with Crippen molar-refractivity contribution in [3.8, 4) is 0 Å². The Kier molecular flexibility index (Phi) is 4.08. The number of nitrogens with zero attached hydrogens (tertiary/aromatic N) is 3. The largest absolute Gasteiger partial charge is 0.341 e. The molecule has 1 aliphatic heterocycles. The zero-order valence-corrected chi connectivity index (χ0v) is 13.9. The van der Waals surface area contributed by atoms with Crippen molar-refractivity contribution in [3.63, 3.8) is 0 Å². The molecule has 1 amide bonds. The van der Waals surface area contributed by atoms with Crippen molar-refractivity contribution in [3.05, 3.63) is 40.7 Å². The molecule has 1 saturated carbocycles. The number of likely N-dealkylation sites (tertiary alicyclic amines) is 1. The Morgan fingerprint density at radius 2 is 1.92 bits per heavy atom. The van der Waals surface area contributed by atoms with Crippen LogP contribution in [-0.4, -0.2) is 33.7 Å². The highest BCUT2D eigenvalue weighted by atomic mass is 16.2. The summed E-state index contributed by atoms with van der Waals surface area (Å²) in [5.41, 5.74) is 0.628. The summed E-state index contributed by atoms with van der Waals surface area (Å²) in [5.74, 6) is 1.60. The molecule has 2 fully saturated rings. The van der Waals surface area contributed by atoms with Gasteiger partial charge in [0.1, 0.15) is 6.54 Å². The molecule has 0 spiro atoms. The molecular weight excluding hydrogens is 302 g/mol. The van der Waals surface area contributed by atoms with Gasteiger partial charge >= 0.3 is 0 Å². The van der Waals surface area contributed by atoms with Crippen molar-refractivity contribution in [1.29, 1.82) is 0 Å². The van der Waals surface area contributed by atoms with E-state index in [0.717, 1.165) is 30.9 Å². The van der Waals surface area contributed by atoms with Gasteiger partial charge in [-0.05, 0) is 36.8 Å². The van der Waals surface area contributed by atoms with Gasteiger partial charge in [-0.25, -0.2) is 0 Å². The average Bonchev–Trinajstić information content (AvgIpc) is 2.64. The average molecular weight is 325 g/mol. The van der Waals surface area contributed by atoms with Crippen LogP contribution in [0.2, 0.25) is 0 Å². The van der Waals surface area contributed by atoms with Crippen LogP contribution in [0.25, 0.3) is 10.9 Å². The summed E-state index contributed by atoms with van der Waals surface area (Å²) >= 11 is 0. The molecule has 2 atom stereocenters. The van der Waals surface area contributed by atoms with Crippen molar-refractivity contribution < 1.29 is 4.79 Å². The highest BCUT2D eigenvalue weighted by Gasteiger charge is 2.32. The summed E-state index contributed by atoms with van der Waals surface area (Å²) in [6.45, 7) is 1.96. The Morgan fingerprint density at radius 1 is 1.12 bits per heavy atom. The van der Waals surface area contributed by atoms with Crippen LogP contribution in [0.15, 0.2) is 35.3 Å². The van der Waals surface area contributed by atoms with Crippen molar-refractivity contribution in [1.82, 2.24) is 14.7 Å². The van der Waals surface area contributed by atoms with E-state index < -0.39 is 0 Å². The van der Waals surface area contributed by atoms with Crippen molar-refractivity contribution >= 4 is 16.8 Å². The van der Waals surface area contributed by atoms with Gasteiger partial charge in [-0.15, -0.1) is 0 Å². The van der Waals surface area contributed by atoms with Gasteiger partial charge in [-0.1, -0.05) is 31.4 Å². The number of para-hydroxylation sites is 1. The predicted octanol–water partition coefficient (Wildman–Crippen LogP) is 2.44. The van der Waals surface area contributed by atoms with Gasteiger partial charge in [0.15, 0.2) is 0 Å². The van der Waals surface area contributed by atoms with Crippen LogP contribution < -0.4 is 5.43 Å². The summed E-state index contributed by atoms with van der Waals surface area (Å²) in [6, 6.07) is 7.35. The Labute approximate surface area is 141 Å². The topological polar surface area (TPSA) is 55.2 Å². The maximum absolute atomic E-state index is 12.8. The molecule has 2 aromatic rings. The smallest absolute Gasteiger partial charge is 0.244 e. The van der Waals surface area contributed by atoms with Gasteiger partial charge in [-0.3, -0.25) is 14.3 Å². The first-order chi connectivity index (χ1) is 11.7. The third kappa shape index (κ3) is 2.83. The molecule has 4 rings (SSSR count). The predicted molar refractivity (Wildman–Crippen MR) is 92.6 cm³/mol. The minimum Gasteiger partial charge on any atom is -0.341 e. The summed E-state index contributed by atoms with van der Waals surface area (Å²) < 4.78 is 1.66. The minimum absolute atomic E-state index is 0.0997. The zero-order chi connectivity index (χ0) is 16.5. The van der Waals surface area contributed by atoms with E-state index in [1.165, 1.54) is 31.9 Å². The summed E-state index contributed by atoms with van der Waals surface area (Å²) in [5, 5.41) is 4.80. The fourth-order valence-electron chi connectivity index (χ4n) is 4.34. The van der Waals surface area contributed by atoms with Crippen LogP contribution in [0.1, 0.15) is 32.1 Å². The van der Waals surface area contributed by atoms with E-state index in [2.05, 4.69) is 5.10 Å². The van der Waals surface area contributed by atoms with Crippen molar-refractivity contribution in [2.45, 2.75) is 38.6 Å². The van der Waals surface area contributed by atoms with Crippen LogP contribution in [-0.2, 0) is 11.3 Å². The van der Waals surface area contributed by atoms with Gasteiger partial charge < -0.3 is 4.90 Å². The van der Waals surface area contributed by atoms with Gasteiger partial charge in [0.25, 0.3) is 0 Å². The molecule has 126 valence electrons. The molecule has 2 aliphatic rings. The van der Waals surface area contributed by atoms with E-state index in [1.54, 1.807) is 10.7 Å². The third-order valence-corrected chi connectivity index (χ3v) is 5.69. The Bertz CT molecular complexity index is 814. The standard InChI is InChI=1S/C19H23N3O2/c23-18-11-20-22(17-8-4-3-7-16(17)18)13-19(24)21-10-9-14-5-1-2-6-15(14)12-21/h3-4,7-8,11,14-15H,1-2,5-6,9-10,12-13H2/t14-,15-/m0/s1. The minimum atomic E-state index is -0.0997. The number of carbonyl (C=O) groups is 1. The SMILES string of the molecule is O=C(Cn1ncc(=O)c2ccccc21)N1CC[C@@H]2CCCC[C@H]2C1. The molecule has 1 aromatic carbocycles. The molecule has 0 unspecified atom stereocenters. The molecule has 5 heteroatoms. The fourth-order valence-corrected chi connectivity index (χ4v) is 4.34. The van der Waals surface area contributed by atoms with Crippen LogP contribution in [0.3, 0.4) is 0 Å². The number of rotatable bonds is 2. The summed E-state index contributed by atoms with van der Waals surface area (Å²) in [6.07, 6.45) is 7.68. The lowest BCUT2D eigenvalue weighted by molar-refractivity contribution is -0.135. The van der Waals surface area contributed by atoms with E-state index in [4.69, 9.17) is 0 Å². The van der Waals surface area contributed by atoms with Gasteiger partial charge in [0, 0.05) is 18.5 Å². The molecule has 1 aliphatic carbocycles. The first kappa shape index (κ1) is 15.4. The maximum atomic E-state index is 12.8. The Morgan fingerprint density at radius 3 is 2.79 bits per heavy atom. The van der Waals surface area contributed by atoms with Crippen molar-refractivity contribution in [2.24, 2.45) is 11.8 Å². The summed E-state index contributed by atoms with van der Waals surface area (Å²) in [4.78, 5) is 26.7. The third-order valence-electron chi connectivity index (χ3n) is 5.69. The van der Waals surface area contributed by atoms with Crippen LogP contribution in [0.5, 0.6) is 0 Å². The number of benzene rings is 1. The summed E-state index contributed by atoms with van der Waals surface area (Å²) in [7, 11) is 0. The number of amides is 1. The number of aromatic nitrogens is 2. The number of piperidine rings is 1. The maximum Gasteiger partial charge on any atom is 0.244 e. The number of fused-ring (bicyclic) bond motifs is 2.